The monoisotopic (exact) mass is 271 g/mol. The topological polar surface area (TPSA) is 25.8 Å². The minimum atomic E-state index is 0.179. The molecule has 0 spiro atoms. The predicted molar refractivity (Wildman–Crippen MR) is 44.2 cm³/mol. The van der Waals surface area contributed by atoms with Crippen LogP contribution < -0.4 is 21.2 Å². The van der Waals surface area contributed by atoms with Gasteiger partial charge in [0.05, 0.1) is 0 Å². The summed E-state index contributed by atoms with van der Waals surface area (Å²) >= 11 is 0.179. The molecule has 2 nitrogen and oxygen atoms in total. The number of nitrogens with zero attached hydrogens (tertiary/aromatic N) is 2. The van der Waals surface area contributed by atoms with E-state index in [1.807, 2.05) is 6.20 Å². The summed E-state index contributed by atoms with van der Waals surface area (Å²) in [4.78, 5) is 10.4. The molecular weight excluding hydrogens is 263 g/mol. The number of benzene rings is 1. The van der Waals surface area contributed by atoms with Crippen molar-refractivity contribution in [3.8, 4) is 0 Å². The minimum absolute atomic E-state index is 0.179. The van der Waals surface area contributed by atoms with E-state index in [0.29, 0.717) is 0 Å². The summed E-state index contributed by atoms with van der Waals surface area (Å²) < 4.78 is 1.44. The molecule has 0 saturated carbocycles. The molecule has 2 aromatic rings. The average molecular weight is 271 g/mol. The van der Waals surface area contributed by atoms with Gasteiger partial charge >= 0.3 is 81.3 Å². The van der Waals surface area contributed by atoms with Crippen molar-refractivity contribution in [3.63, 3.8) is 0 Å². The molecule has 0 N–H and O–H groups in total. The molecule has 0 aliphatic rings. The Bertz CT molecular complexity index is 400. The molecule has 0 fully saturated rings. The molecule has 3 heteroatoms. The molecular formula is C9H8IN2-. The first kappa shape index (κ1) is 7.91. The zero-order chi connectivity index (χ0) is 8.39. The van der Waals surface area contributed by atoms with Crippen LogP contribution in [0.3, 0.4) is 0 Å². The number of aromatic nitrogens is 2. The molecule has 12 heavy (non-hydrogen) atoms. The fourth-order valence-corrected chi connectivity index (χ4v) is 2.26. The molecule has 0 unspecified atom stereocenters. The Balaban J connectivity index is 2.67. The Hall–Kier alpha value is -0.710. The van der Waals surface area contributed by atoms with E-state index < -0.39 is 0 Å². The van der Waals surface area contributed by atoms with Crippen LogP contribution >= 0.6 is 0 Å². The Labute approximate surface area is 81.3 Å². The number of alkyl halides is 1. The van der Waals surface area contributed by atoms with Crippen molar-refractivity contribution in [3.05, 3.63) is 34.3 Å². The van der Waals surface area contributed by atoms with Crippen molar-refractivity contribution in [2.24, 2.45) is 0 Å². The predicted octanol–water partition coefficient (Wildman–Crippen LogP) is -1.48. The van der Waals surface area contributed by atoms with Gasteiger partial charge in [-0.05, 0) is 0 Å². The third-order valence-corrected chi connectivity index (χ3v) is 3.60. The molecule has 0 bridgehead atoms. The van der Waals surface area contributed by atoms with Crippen LogP contribution in [0.1, 0.15) is 0 Å². The molecule has 1 heterocycles. The summed E-state index contributed by atoms with van der Waals surface area (Å²) in [6.45, 7) is 0. The van der Waals surface area contributed by atoms with Gasteiger partial charge in [0.25, 0.3) is 0 Å². The van der Waals surface area contributed by atoms with Gasteiger partial charge in [-0.1, -0.05) is 0 Å². The molecule has 1 aromatic heterocycles. The van der Waals surface area contributed by atoms with E-state index in [-0.39, 0.29) is 21.2 Å². The zero-order valence-electron chi connectivity index (χ0n) is 6.66. The normalized spacial score (nSPS) is 10.8. The van der Waals surface area contributed by atoms with Gasteiger partial charge in [0.1, 0.15) is 0 Å². The second kappa shape index (κ2) is 3.35. The fourth-order valence-electron chi connectivity index (χ4n) is 1.07. The fraction of sp³-hybridized carbons (Fsp3) is 0.111. The third-order valence-electron chi connectivity index (χ3n) is 1.68. The van der Waals surface area contributed by atoms with Gasteiger partial charge in [-0.15, -0.1) is 0 Å². The van der Waals surface area contributed by atoms with Crippen molar-refractivity contribution in [1.29, 1.82) is 0 Å². The second-order valence-electron chi connectivity index (χ2n) is 2.41. The maximum atomic E-state index is 4.16. The molecule has 0 amide bonds. The summed E-state index contributed by atoms with van der Waals surface area (Å²) in [6, 6.07) is 6.40. The maximum absolute atomic E-state index is 4.16. The van der Waals surface area contributed by atoms with Crippen LogP contribution in [0.5, 0.6) is 0 Å². The first-order chi connectivity index (χ1) is 5.90. The summed E-state index contributed by atoms with van der Waals surface area (Å²) in [7, 11) is 0. The Morgan fingerprint density at radius 2 is 2.25 bits per heavy atom. The quantitative estimate of drug-likeness (QED) is 0.467. The van der Waals surface area contributed by atoms with E-state index in [0.717, 1.165) is 10.9 Å². The van der Waals surface area contributed by atoms with Gasteiger partial charge in [0, 0.05) is 0 Å². The van der Waals surface area contributed by atoms with Crippen LogP contribution in [0.25, 0.3) is 10.9 Å². The van der Waals surface area contributed by atoms with E-state index in [1.165, 1.54) is 3.57 Å². The van der Waals surface area contributed by atoms with Gasteiger partial charge in [0.2, 0.25) is 0 Å². The molecule has 0 atom stereocenters. The second-order valence-corrected chi connectivity index (χ2v) is 4.74. The molecule has 2 rings (SSSR count). The van der Waals surface area contributed by atoms with Crippen LogP contribution in [-0.4, -0.2) is 14.9 Å². The molecule has 0 radical (unpaired) electrons. The van der Waals surface area contributed by atoms with Gasteiger partial charge in [-0.2, -0.15) is 0 Å². The Morgan fingerprint density at radius 1 is 1.33 bits per heavy atom. The summed E-state index contributed by atoms with van der Waals surface area (Å²) in [5.74, 6) is 0. The molecule has 0 aliphatic carbocycles. The van der Waals surface area contributed by atoms with E-state index in [9.17, 15) is 0 Å². The van der Waals surface area contributed by atoms with E-state index in [2.05, 4.69) is 33.1 Å². The Morgan fingerprint density at radius 3 is 3.08 bits per heavy atom. The molecule has 0 saturated heterocycles. The van der Waals surface area contributed by atoms with Crippen molar-refractivity contribution in [1.82, 2.24) is 9.97 Å². The molecule has 1 aromatic carbocycles. The van der Waals surface area contributed by atoms with Crippen LogP contribution in [0.15, 0.2) is 30.7 Å². The standard InChI is InChI=1S/C9H8IN2/c1-10-8-2-3-9-7(4-8)5-11-6-12-9/h2-6H,1H3/q-1. The summed E-state index contributed by atoms with van der Waals surface area (Å²) in [6.07, 6.45) is 3.45. The van der Waals surface area contributed by atoms with Crippen molar-refractivity contribution in [2.75, 3.05) is 4.93 Å². The number of halogens is 1. The Kier molecular flexibility index (Phi) is 2.21. The first-order valence-electron chi connectivity index (χ1n) is 3.59. The third kappa shape index (κ3) is 1.41. The SMILES string of the molecule is C[I-]c1ccc2ncncc2c1. The van der Waals surface area contributed by atoms with Gasteiger partial charge in [-0.3, -0.25) is 0 Å². The van der Waals surface area contributed by atoms with E-state index >= 15 is 0 Å². The average Bonchev–Trinajstić information content (AvgIpc) is 2.17. The van der Waals surface area contributed by atoms with Gasteiger partial charge < -0.3 is 0 Å². The zero-order valence-corrected chi connectivity index (χ0v) is 8.82. The number of hydrogen-bond donors (Lipinski definition) is 0. The molecule has 0 aliphatic heterocycles. The summed E-state index contributed by atoms with van der Waals surface area (Å²) in [5, 5.41) is 1.15. The van der Waals surface area contributed by atoms with Crippen LogP contribution in [0.4, 0.5) is 0 Å². The number of rotatable bonds is 1. The van der Waals surface area contributed by atoms with E-state index in [4.69, 9.17) is 0 Å². The number of fused-ring (bicyclic) bond motifs is 1. The van der Waals surface area contributed by atoms with Crippen LogP contribution in [0.2, 0.25) is 0 Å². The molecule has 62 valence electrons. The first-order valence-corrected chi connectivity index (χ1v) is 6.83. The van der Waals surface area contributed by atoms with E-state index in [1.54, 1.807) is 6.33 Å². The number of hydrogen-bond acceptors (Lipinski definition) is 2. The van der Waals surface area contributed by atoms with Crippen molar-refractivity contribution < 1.29 is 21.2 Å². The van der Waals surface area contributed by atoms with Crippen molar-refractivity contribution >= 4 is 10.9 Å². The van der Waals surface area contributed by atoms with Crippen LogP contribution in [-0.2, 0) is 0 Å². The van der Waals surface area contributed by atoms with Crippen molar-refractivity contribution in [2.45, 2.75) is 0 Å². The summed E-state index contributed by atoms with van der Waals surface area (Å²) in [5.41, 5.74) is 1.03. The van der Waals surface area contributed by atoms with Gasteiger partial charge in [0.15, 0.2) is 0 Å². The van der Waals surface area contributed by atoms with Gasteiger partial charge in [-0.25, -0.2) is 0 Å². The van der Waals surface area contributed by atoms with Crippen LogP contribution in [0, 0.1) is 3.57 Å².